The van der Waals surface area contributed by atoms with Gasteiger partial charge in [0.15, 0.2) is 0 Å². The van der Waals surface area contributed by atoms with Gasteiger partial charge >= 0.3 is 0 Å². The molecule has 1 fully saturated rings. The molecule has 0 spiro atoms. The van der Waals surface area contributed by atoms with Crippen molar-refractivity contribution in [2.24, 2.45) is 0 Å². The van der Waals surface area contributed by atoms with Gasteiger partial charge in [-0.15, -0.1) is 0 Å². The predicted octanol–water partition coefficient (Wildman–Crippen LogP) is 2.25. The first-order valence-electron chi connectivity index (χ1n) is 6.13. The van der Waals surface area contributed by atoms with Crippen molar-refractivity contribution in [3.8, 4) is 0 Å². The number of rotatable bonds is 5. The van der Waals surface area contributed by atoms with Crippen LogP contribution in [0.3, 0.4) is 0 Å². The summed E-state index contributed by atoms with van der Waals surface area (Å²) in [5.74, 6) is 0. The molecule has 0 aromatic heterocycles. The van der Waals surface area contributed by atoms with Crippen LogP contribution in [0.15, 0.2) is 0 Å². The second kappa shape index (κ2) is 5.72. The predicted molar refractivity (Wildman–Crippen MR) is 62.6 cm³/mol. The van der Waals surface area contributed by atoms with Crippen molar-refractivity contribution in [2.45, 2.75) is 65.1 Å². The Kier molecular flexibility index (Phi) is 4.90. The maximum absolute atomic E-state index is 3.63. The second-order valence-corrected chi connectivity index (χ2v) is 4.94. The van der Waals surface area contributed by atoms with Crippen molar-refractivity contribution < 1.29 is 0 Å². The number of nitrogens with zero attached hydrogens (tertiary/aromatic N) is 1. The van der Waals surface area contributed by atoms with E-state index in [4.69, 9.17) is 0 Å². The molecular formula is C12H26N2. The average molecular weight is 198 g/mol. The van der Waals surface area contributed by atoms with Crippen molar-refractivity contribution in [1.29, 1.82) is 0 Å². The lowest BCUT2D eigenvalue weighted by Gasteiger charge is -2.24. The van der Waals surface area contributed by atoms with E-state index in [0.29, 0.717) is 6.04 Å². The zero-order valence-electron chi connectivity index (χ0n) is 10.2. The quantitative estimate of drug-likeness (QED) is 0.729. The zero-order chi connectivity index (χ0) is 10.6. The molecule has 2 nitrogen and oxygen atoms in total. The van der Waals surface area contributed by atoms with Crippen LogP contribution in [-0.2, 0) is 0 Å². The molecule has 2 unspecified atom stereocenters. The van der Waals surface area contributed by atoms with Gasteiger partial charge in [0.2, 0.25) is 0 Å². The number of likely N-dealkylation sites (tertiary alicyclic amines) is 1. The van der Waals surface area contributed by atoms with Crippen LogP contribution in [0.25, 0.3) is 0 Å². The van der Waals surface area contributed by atoms with Crippen LogP contribution in [0.4, 0.5) is 0 Å². The molecule has 0 bridgehead atoms. The smallest absolute Gasteiger partial charge is 0.0209 e. The lowest BCUT2D eigenvalue weighted by atomic mass is 10.2. The van der Waals surface area contributed by atoms with Gasteiger partial charge in [-0.2, -0.15) is 0 Å². The lowest BCUT2D eigenvalue weighted by molar-refractivity contribution is 0.238. The largest absolute Gasteiger partial charge is 0.310 e. The molecule has 1 heterocycles. The maximum atomic E-state index is 3.63. The third-order valence-electron chi connectivity index (χ3n) is 3.12. The maximum Gasteiger partial charge on any atom is 0.0209 e. The first-order chi connectivity index (χ1) is 6.63. The summed E-state index contributed by atoms with van der Waals surface area (Å²) < 4.78 is 0. The topological polar surface area (TPSA) is 15.3 Å². The average Bonchev–Trinajstić information content (AvgIpc) is 2.52. The molecule has 0 amide bonds. The minimum absolute atomic E-state index is 0.626. The van der Waals surface area contributed by atoms with Crippen LogP contribution in [0, 0.1) is 0 Å². The van der Waals surface area contributed by atoms with Gasteiger partial charge in [-0.3, -0.25) is 4.90 Å². The van der Waals surface area contributed by atoms with E-state index < -0.39 is 0 Å². The second-order valence-electron chi connectivity index (χ2n) is 4.94. The third kappa shape index (κ3) is 3.58. The Balaban J connectivity index is 2.26. The van der Waals surface area contributed by atoms with Gasteiger partial charge in [0.1, 0.15) is 0 Å². The number of hydrogen-bond donors (Lipinski definition) is 1. The highest BCUT2D eigenvalue weighted by molar-refractivity contribution is 4.84. The van der Waals surface area contributed by atoms with E-state index in [0.717, 1.165) is 12.1 Å². The Hall–Kier alpha value is -0.0800. The highest BCUT2D eigenvalue weighted by atomic mass is 15.2. The molecule has 1 saturated heterocycles. The van der Waals surface area contributed by atoms with Gasteiger partial charge in [0, 0.05) is 31.2 Å². The van der Waals surface area contributed by atoms with Crippen molar-refractivity contribution in [2.75, 3.05) is 13.1 Å². The monoisotopic (exact) mass is 198 g/mol. The van der Waals surface area contributed by atoms with E-state index in [9.17, 15) is 0 Å². The standard InChI is InChI=1S/C12H26N2/c1-5-6-11(4)14-8-7-12(9-14)13-10(2)3/h10-13H,5-9H2,1-4H3. The first kappa shape index (κ1) is 12.0. The van der Waals surface area contributed by atoms with E-state index in [1.165, 1.54) is 32.4 Å². The zero-order valence-corrected chi connectivity index (χ0v) is 10.2. The molecule has 1 rings (SSSR count). The lowest BCUT2D eigenvalue weighted by Crippen LogP contribution is -2.39. The molecule has 1 aliphatic rings. The van der Waals surface area contributed by atoms with Gasteiger partial charge in [-0.25, -0.2) is 0 Å². The fourth-order valence-corrected chi connectivity index (χ4v) is 2.40. The number of nitrogens with one attached hydrogen (secondary N) is 1. The summed E-state index contributed by atoms with van der Waals surface area (Å²) in [5.41, 5.74) is 0. The molecule has 0 aromatic carbocycles. The minimum atomic E-state index is 0.626. The van der Waals surface area contributed by atoms with Gasteiger partial charge in [0.05, 0.1) is 0 Å². The van der Waals surface area contributed by atoms with Gasteiger partial charge in [-0.1, -0.05) is 27.2 Å². The highest BCUT2D eigenvalue weighted by Crippen LogP contribution is 2.15. The number of hydrogen-bond acceptors (Lipinski definition) is 2. The van der Waals surface area contributed by atoms with E-state index in [-0.39, 0.29) is 0 Å². The summed E-state index contributed by atoms with van der Waals surface area (Å²) in [4.78, 5) is 2.63. The van der Waals surface area contributed by atoms with E-state index in [1.807, 2.05) is 0 Å². The summed E-state index contributed by atoms with van der Waals surface area (Å²) in [5, 5.41) is 3.63. The van der Waals surface area contributed by atoms with Crippen LogP contribution < -0.4 is 5.32 Å². The van der Waals surface area contributed by atoms with Gasteiger partial charge in [0.25, 0.3) is 0 Å². The van der Waals surface area contributed by atoms with Crippen molar-refractivity contribution in [3.05, 3.63) is 0 Å². The first-order valence-corrected chi connectivity index (χ1v) is 6.13. The Morgan fingerprint density at radius 2 is 2.07 bits per heavy atom. The normalized spacial score (nSPS) is 25.9. The summed E-state index contributed by atoms with van der Waals surface area (Å²) >= 11 is 0. The van der Waals surface area contributed by atoms with Gasteiger partial charge < -0.3 is 5.32 Å². The van der Waals surface area contributed by atoms with E-state index in [2.05, 4.69) is 37.9 Å². The molecule has 14 heavy (non-hydrogen) atoms. The Morgan fingerprint density at radius 1 is 1.36 bits per heavy atom. The summed E-state index contributed by atoms with van der Waals surface area (Å²) in [6.07, 6.45) is 3.97. The molecule has 84 valence electrons. The van der Waals surface area contributed by atoms with Gasteiger partial charge in [-0.05, 0) is 19.8 Å². The highest BCUT2D eigenvalue weighted by Gasteiger charge is 2.25. The minimum Gasteiger partial charge on any atom is -0.310 e. The SMILES string of the molecule is CCCC(C)N1CCC(NC(C)C)C1. The summed E-state index contributed by atoms with van der Waals surface area (Å²) in [7, 11) is 0. The molecule has 1 N–H and O–H groups in total. The molecule has 2 atom stereocenters. The van der Waals surface area contributed by atoms with Crippen LogP contribution in [0.5, 0.6) is 0 Å². The molecule has 2 heteroatoms. The van der Waals surface area contributed by atoms with Crippen molar-refractivity contribution in [1.82, 2.24) is 10.2 Å². The van der Waals surface area contributed by atoms with Crippen LogP contribution in [-0.4, -0.2) is 36.1 Å². The molecule has 0 radical (unpaired) electrons. The molecule has 1 aliphatic heterocycles. The summed E-state index contributed by atoms with van der Waals surface area (Å²) in [6, 6.07) is 2.13. The fourth-order valence-electron chi connectivity index (χ4n) is 2.40. The van der Waals surface area contributed by atoms with Crippen LogP contribution in [0.1, 0.15) is 47.0 Å². The Labute approximate surface area is 89.1 Å². The van der Waals surface area contributed by atoms with Crippen LogP contribution >= 0.6 is 0 Å². The molecule has 0 aliphatic carbocycles. The van der Waals surface area contributed by atoms with E-state index in [1.54, 1.807) is 0 Å². The van der Waals surface area contributed by atoms with Crippen molar-refractivity contribution in [3.63, 3.8) is 0 Å². The Morgan fingerprint density at radius 3 is 2.64 bits per heavy atom. The summed E-state index contributed by atoms with van der Waals surface area (Å²) in [6.45, 7) is 11.6. The molecular weight excluding hydrogens is 172 g/mol. The molecule has 0 aromatic rings. The van der Waals surface area contributed by atoms with E-state index >= 15 is 0 Å². The Bertz CT molecular complexity index is 156. The van der Waals surface area contributed by atoms with Crippen LogP contribution in [0.2, 0.25) is 0 Å². The third-order valence-corrected chi connectivity index (χ3v) is 3.12. The molecule has 0 saturated carbocycles. The van der Waals surface area contributed by atoms with Crippen molar-refractivity contribution >= 4 is 0 Å². The fraction of sp³-hybridized carbons (Fsp3) is 1.00.